The maximum absolute atomic E-state index is 12.4. The molecule has 0 saturated carbocycles. The highest BCUT2D eigenvalue weighted by Crippen LogP contribution is 2.14. The number of carbonyl (C=O) groups is 2. The molecule has 0 spiro atoms. The molecule has 1 aromatic heterocycles. The van der Waals surface area contributed by atoms with Crippen LogP contribution in [0.3, 0.4) is 0 Å². The van der Waals surface area contributed by atoms with E-state index in [2.05, 4.69) is 10.4 Å². The van der Waals surface area contributed by atoms with Crippen molar-refractivity contribution >= 4 is 23.6 Å². The van der Waals surface area contributed by atoms with Crippen molar-refractivity contribution in [2.24, 2.45) is 0 Å². The summed E-state index contributed by atoms with van der Waals surface area (Å²) in [5, 5.41) is 16.3. The van der Waals surface area contributed by atoms with Crippen LogP contribution in [0.4, 0.5) is 5.69 Å². The van der Waals surface area contributed by atoms with Crippen LogP contribution in [0, 0.1) is 11.3 Å². The standard InChI is InChI=1S/C23H20N4O3/c1-2-30-23(29)19-8-10-21(11-9-19)26-22(28)20(13-24)12-18-14-25-27(16-18)15-17-6-4-3-5-7-17/h3-12,14,16H,2,15H2,1H3,(H,26,28)/b20-12+. The molecule has 0 aliphatic heterocycles. The van der Waals surface area contributed by atoms with E-state index in [9.17, 15) is 14.9 Å². The van der Waals surface area contributed by atoms with Gasteiger partial charge in [0.2, 0.25) is 0 Å². The van der Waals surface area contributed by atoms with E-state index >= 15 is 0 Å². The molecule has 1 N–H and O–H groups in total. The molecular weight excluding hydrogens is 380 g/mol. The molecule has 3 rings (SSSR count). The normalized spacial score (nSPS) is 10.9. The lowest BCUT2D eigenvalue weighted by atomic mass is 10.1. The predicted molar refractivity (Wildman–Crippen MR) is 112 cm³/mol. The average Bonchev–Trinajstić information content (AvgIpc) is 3.20. The van der Waals surface area contributed by atoms with Crippen molar-refractivity contribution in [3.05, 3.63) is 89.3 Å². The number of amides is 1. The number of benzene rings is 2. The fourth-order valence-corrected chi connectivity index (χ4v) is 2.73. The Balaban J connectivity index is 1.67. The Morgan fingerprint density at radius 2 is 1.90 bits per heavy atom. The smallest absolute Gasteiger partial charge is 0.338 e. The van der Waals surface area contributed by atoms with Gasteiger partial charge in [0.1, 0.15) is 11.6 Å². The van der Waals surface area contributed by atoms with Crippen LogP contribution in [0.2, 0.25) is 0 Å². The number of hydrogen-bond acceptors (Lipinski definition) is 5. The van der Waals surface area contributed by atoms with E-state index in [-0.39, 0.29) is 12.2 Å². The number of nitrogens with zero attached hydrogens (tertiary/aromatic N) is 3. The van der Waals surface area contributed by atoms with Gasteiger partial charge in [-0.3, -0.25) is 9.48 Å². The molecule has 1 heterocycles. The molecule has 0 radical (unpaired) electrons. The number of hydrogen-bond donors (Lipinski definition) is 1. The molecule has 0 aliphatic carbocycles. The van der Waals surface area contributed by atoms with E-state index in [1.807, 2.05) is 36.4 Å². The first-order valence-corrected chi connectivity index (χ1v) is 9.35. The SMILES string of the molecule is CCOC(=O)c1ccc(NC(=O)/C(C#N)=C/c2cnn(Cc3ccccc3)c2)cc1. The maximum Gasteiger partial charge on any atom is 0.338 e. The lowest BCUT2D eigenvalue weighted by Crippen LogP contribution is -2.13. The second-order valence-corrected chi connectivity index (χ2v) is 6.38. The minimum absolute atomic E-state index is 0.0521. The molecule has 0 bridgehead atoms. The summed E-state index contributed by atoms with van der Waals surface area (Å²) < 4.78 is 6.66. The minimum Gasteiger partial charge on any atom is -0.462 e. The summed E-state index contributed by atoms with van der Waals surface area (Å²) in [6, 6.07) is 18.0. The van der Waals surface area contributed by atoms with Crippen LogP contribution in [0.15, 0.2) is 72.6 Å². The van der Waals surface area contributed by atoms with Gasteiger partial charge in [0.05, 0.1) is 24.9 Å². The Hall–Kier alpha value is -4.18. The zero-order valence-corrected chi connectivity index (χ0v) is 16.4. The van der Waals surface area contributed by atoms with Crippen molar-refractivity contribution < 1.29 is 14.3 Å². The highest BCUT2D eigenvalue weighted by atomic mass is 16.5. The average molecular weight is 400 g/mol. The second kappa shape index (κ2) is 9.85. The molecule has 0 saturated heterocycles. The largest absolute Gasteiger partial charge is 0.462 e. The van der Waals surface area contributed by atoms with Crippen molar-refractivity contribution in [2.75, 3.05) is 11.9 Å². The number of nitrogens with one attached hydrogen (secondary N) is 1. The number of esters is 1. The molecule has 1 amide bonds. The van der Waals surface area contributed by atoms with Crippen LogP contribution >= 0.6 is 0 Å². The van der Waals surface area contributed by atoms with Gasteiger partial charge in [0, 0.05) is 17.4 Å². The monoisotopic (exact) mass is 400 g/mol. The molecule has 7 heteroatoms. The molecule has 3 aromatic rings. The van der Waals surface area contributed by atoms with Crippen LogP contribution in [0.1, 0.15) is 28.4 Å². The third-order valence-electron chi connectivity index (χ3n) is 4.17. The fraction of sp³-hybridized carbons (Fsp3) is 0.130. The summed E-state index contributed by atoms with van der Waals surface area (Å²) in [6.07, 6.45) is 4.85. The Morgan fingerprint density at radius 1 is 1.17 bits per heavy atom. The first-order valence-electron chi connectivity index (χ1n) is 9.35. The van der Waals surface area contributed by atoms with Gasteiger partial charge in [-0.1, -0.05) is 30.3 Å². The van der Waals surface area contributed by atoms with Gasteiger partial charge in [-0.25, -0.2) is 4.79 Å². The van der Waals surface area contributed by atoms with E-state index in [4.69, 9.17) is 4.74 Å². The fourth-order valence-electron chi connectivity index (χ4n) is 2.73. The van der Waals surface area contributed by atoms with Gasteiger partial charge < -0.3 is 10.1 Å². The number of rotatable bonds is 7. The van der Waals surface area contributed by atoms with Gasteiger partial charge in [-0.05, 0) is 42.8 Å². The second-order valence-electron chi connectivity index (χ2n) is 6.38. The molecular formula is C23H20N4O3. The Labute approximate surface area is 174 Å². The molecule has 30 heavy (non-hydrogen) atoms. The summed E-state index contributed by atoms with van der Waals surface area (Å²) in [6.45, 7) is 2.61. The van der Waals surface area contributed by atoms with Gasteiger partial charge in [0.25, 0.3) is 5.91 Å². The first-order chi connectivity index (χ1) is 14.6. The molecule has 2 aromatic carbocycles. The topological polar surface area (TPSA) is 97.0 Å². The minimum atomic E-state index is -0.544. The van der Waals surface area contributed by atoms with Crippen LogP contribution < -0.4 is 5.32 Å². The third-order valence-corrected chi connectivity index (χ3v) is 4.17. The van der Waals surface area contributed by atoms with E-state index < -0.39 is 11.9 Å². The van der Waals surface area contributed by atoms with Crippen molar-refractivity contribution in [3.8, 4) is 6.07 Å². The summed E-state index contributed by atoms with van der Waals surface area (Å²) in [7, 11) is 0. The zero-order chi connectivity index (χ0) is 21.3. The first kappa shape index (κ1) is 20.6. The van der Waals surface area contributed by atoms with Gasteiger partial charge in [-0.15, -0.1) is 0 Å². The lowest BCUT2D eigenvalue weighted by molar-refractivity contribution is -0.112. The number of aromatic nitrogens is 2. The highest BCUT2D eigenvalue weighted by Gasteiger charge is 2.11. The molecule has 7 nitrogen and oxygen atoms in total. The number of carbonyl (C=O) groups excluding carboxylic acids is 2. The Morgan fingerprint density at radius 3 is 2.57 bits per heavy atom. The van der Waals surface area contributed by atoms with E-state index in [0.717, 1.165) is 5.56 Å². The zero-order valence-electron chi connectivity index (χ0n) is 16.4. The third kappa shape index (κ3) is 5.42. The molecule has 150 valence electrons. The predicted octanol–water partition coefficient (Wildman–Crippen LogP) is 3.65. The summed E-state index contributed by atoms with van der Waals surface area (Å²) >= 11 is 0. The molecule has 0 fully saturated rings. The van der Waals surface area contributed by atoms with E-state index in [1.165, 1.54) is 6.08 Å². The lowest BCUT2D eigenvalue weighted by Gasteiger charge is -2.06. The Bertz CT molecular complexity index is 1090. The molecule has 0 atom stereocenters. The number of ether oxygens (including phenoxy) is 1. The molecule has 0 aliphatic rings. The Kier molecular flexibility index (Phi) is 6.74. The molecule has 0 unspecified atom stereocenters. The van der Waals surface area contributed by atoms with Crippen molar-refractivity contribution in [1.29, 1.82) is 5.26 Å². The maximum atomic E-state index is 12.4. The van der Waals surface area contributed by atoms with Gasteiger partial charge in [-0.2, -0.15) is 10.4 Å². The van der Waals surface area contributed by atoms with Gasteiger partial charge >= 0.3 is 5.97 Å². The summed E-state index contributed by atoms with van der Waals surface area (Å²) in [5.41, 5.74) is 2.55. The van der Waals surface area contributed by atoms with E-state index in [1.54, 1.807) is 48.3 Å². The summed E-state index contributed by atoms with van der Waals surface area (Å²) in [4.78, 5) is 24.1. The van der Waals surface area contributed by atoms with Crippen molar-refractivity contribution in [2.45, 2.75) is 13.5 Å². The quantitative estimate of drug-likeness (QED) is 0.371. The summed E-state index contributed by atoms with van der Waals surface area (Å²) in [5.74, 6) is -0.974. The number of nitriles is 1. The van der Waals surface area contributed by atoms with E-state index in [0.29, 0.717) is 23.4 Å². The van der Waals surface area contributed by atoms with Crippen LogP contribution in [0.5, 0.6) is 0 Å². The van der Waals surface area contributed by atoms with Crippen molar-refractivity contribution in [3.63, 3.8) is 0 Å². The van der Waals surface area contributed by atoms with Crippen molar-refractivity contribution in [1.82, 2.24) is 9.78 Å². The highest BCUT2D eigenvalue weighted by molar-refractivity contribution is 6.09. The van der Waals surface area contributed by atoms with Gasteiger partial charge in [0.15, 0.2) is 0 Å². The van der Waals surface area contributed by atoms with Crippen LogP contribution in [0.25, 0.3) is 6.08 Å². The number of anilines is 1. The van der Waals surface area contributed by atoms with Crippen LogP contribution in [-0.4, -0.2) is 28.3 Å². The van der Waals surface area contributed by atoms with Crippen LogP contribution in [-0.2, 0) is 16.1 Å².